The van der Waals surface area contributed by atoms with E-state index in [0.717, 1.165) is 30.9 Å². The highest BCUT2D eigenvalue weighted by atomic mass is 32.2. The lowest BCUT2D eigenvalue weighted by atomic mass is 9.87. The van der Waals surface area contributed by atoms with Crippen molar-refractivity contribution in [2.75, 3.05) is 5.32 Å². The molecule has 1 aliphatic carbocycles. The third kappa shape index (κ3) is 4.28. The Bertz CT molecular complexity index is 957. The first kappa shape index (κ1) is 19.3. The lowest BCUT2D eigenvalue weighted by Crippen LogP contribution is -2.30. The highest BCUT2D eigenvalue weighted by Crippen LogP contribution is 2.36. The van der Waals surface area contributed by atoms with E-state index in [-0.39, 0.29) is 22.7 Å². The van der Waals surface area contributed by atoms with Crippen molar-refractivity contribution < 1.29 is 13.3 Å². The second-order valence-electron chi connectivity index (χ2n) is 7.00. The number of nitro benzene ring substituents is 1. The van der Waals surface area contributed by atoms with Crippen LogP contribution in [0.15, 0.2) is 47.4 Å². The Hall–Kier alpha value is -2.45. The number of hydrogen-bond acceptors (Lipinski definition) is 5. The summed E-state index contributed by atoms with van der Waals surface area (Å²) in [6.07, 6.45) is 2.85. The maximum Gasteiger partial charge on any atom is 0.293 e. The second-order valence-corrected chi connectivity index (χ2v) is 8.71. The van der Waals surface area contributed by atoms with Crippen LogP contribution < -0.4 is 10.0 Å². The summed E-state index contributed by atoms with van der Waals surface area (Å²) in [6.45, 7) is 3.39. The molecule has 0 amide bonds. The van der Waals surface area contributed by atoms with Crippen LogP contribution in [0.4, 0.5) is 11.4 Å². The molecule has 7 nitrogen and oxygen atoms in total. The molecule has 0 bridgehead atoms. The summed E-state index contributed by atoms with van der Waals surface area (Å²) in [4.78, 5) is 10.9. The van der Waals surface area contributed by atoms with Crippen LogP contribution in [0, 0.1) is 10.1 Å². The molecule has 8 heteroatoms. The summed E-state index contributed by atoms with van der Waals surface area (Å²) < 4.78 is 27.1. The molecule has 0 spiro atoms. The van der Waals surface area contributed by atoms with Gasteiger partial charge < -0.3 is 5.32 Å². The van der Waals surface area contributed by atoms with Crippen molar-refractivity contribution in [2.45, 2.75) is 50.1 Å². The Kier molecular flexibility index (Phi) is 5.48. The van der Waals surface area contributed by atoms with Gasteiger partial charge in [-0.05, 0) is 56.4 Å². The van der Waals surface area contributed by atoms with Gasteiger partial charge in [-0.15, -0.1) is 0 Å². The van der Waals surface area contributed by atoms with Gasteiger partial charge >= 0.3 is 0 Å². The normalized spacial score (nSPS) is 16.8. The number of anilines is 1. The summed E-state index contributed by atoms with van der Waals surface area (Å²) in [6, 6.07) is 11.7. The van der Waals surface area contributed by atoms with Gasteiger partial charge in [0.25, 0.3) is 5.69 Å². The highest BCUT2D eigenvalue weighted by molar-refractivity contribution is 7.89. The van der Waals surface area contributed by atoms with Crippen LogP contribution in [0.5, 0.6) is 0 Å². The second kappa shape index (κ2) is 7.66. The van der Waals surface area contributed by atoms with Gasteiger partial charge in [0.1, 0.15) is 5.69 Å². The van der Waals surface area contributed by atoms with Crippen molar-refractivity contribution in [1.29, 1.82) is 0 Å². The molecule has 0 fully saturated rings. The van der Waals surface area contributed by atoms with E-state index < -0.39 is 14.9 Å². The molecule has 0 saturated heterocycles. The fourth-order valence-electron chi connectivity index (χ4n) is 3.42. The zero-order chi connectivity index (χ0) is 19.6. The predicted molar refractivity (Wildman–Crippen MR) is 104 cm³/mol. The minimum absolute atomic E-state index is 0.0371. The smallest absolute Gasteiger partial charge is 0.293 e. The molecule has 1 atom stereocenters. The zero-order valence-electron chi connectivity index (χ0n) is 15.3. The van der Waals surface area contributed by atoms with Gasteiger partial charge in [-0.3, -0.25) is 10.1 Å². The Morgan fingerprint density at radius 3 is 2.63 bits per heavy atom. The monoisotopic (exact) mass is 389 g/mol. The van der Waals surface area contributed by atoms with E-state index in [1.807, 2.05) is 18.2 Å². The van der Waals surface area contributed by atoms with Crippen LogP contribution in [0.3, 0.4) is 0 Å². The SMILES string of the molecule is CC(C)NS(=O)(=O)c1ccc(N[C@H]2CCCc3ccccc32)c([N+](=O)[O-])c1. The lowest BCUT2D eigenvalue weighted by molar-refractivity contribution is -0.384. The van der Waals surface area contributed by atoms with Gasteiger partial charge in [-0.25, -0.2) is 13.1 Å². The zero-order valence-corrected chi connectivity index (χ0v) is 16.1. The van der Waals surface area contributed by atoms with E-state index in [0.29, 0.717) is 5.69 Å². The minimum Gasteiger partial charge on any atom is -0.373 e. The van der Waals surface area contributed by atoms with E-state index in [1.165, 1.54) is 17.7 Å². The third-order valence-corrected chi connectivity index (χ3v) is 6.22. The molecular formula is C19H23N3O4S. The number of sulfonamides is 1. The molecule has 0 aromatic heterocycles. The molecule has 0 unspecified atom stereocenters. The first-order valence-electron chi connectivity index (χ1n) is 8.93. The van der Waals surface area contributed by atoms with Crippen molar-refractivity contribution in [3.05, 3.63) is 63.7 Å². The van der Waals surface area contributed by atoms with Gasteiger partial charge in [0.05, 0.1) is 15.9 Å². The molecular weight excluding hydrogens is 366 g/mol. The summed E-state index contributed by atoms with van der Waals surface area (Å²) in [7, 11) is -3.80. The molecule has 2 N–H and O–H groups in total. The molecule has 0 saturated carbocycles. The Labute approximate surface area is 159 Å². The molecule has 0 radical (unpaired) electrons. The first-order valence-corrected chi connectivity index (χ1v) is 10.4. The maximum atomic E-state index is 12.3. The molecule has 0 aliphatic heterocycles. The highest BCUT2D eigenvalue weighted by Gasteiger charge is 2.25. The number of hydrogen-bond donors (Lipinski definition) is 2. The largest absolute Gasteiger partial charge is 0.373 e. The summed E-state index contributed by atoms with van der Waals surface area (Å²) in [5, 5.41) is 14.8. The van der Waals surface area contributed by atoms with Crippen LogP contribution >= 0.6 is 0 Å². The molecule has 3 rings (SSSR count). The van der Waals surface area contributed by atoms with Crippen LogP contribution in [0.1, 0.15) is 43.9 Å². The van der Waals surface area contributed by atoms with Gasteiger partial charge in [-0.1, -0.05) is 24.3 Å². The van der Waals surface area contributed by atoms with Crippen LogP contribution in [0.2, 0.25) is 0 Å². The number of fused-ring (bicyclic) bond motifs is 1. The van der Waals surface area contributed by atoms with E-state index >= 15 is 0 Å². The van der Waals surface area contributed by atoms with Crippen molar-refractivity contribution in [3.63, 3.8) is 0 Å². The minimum atomic E-state index is -3.80. The van der Waals surface area contributed by atoms with E-state index in [1.54, 1.807) is 13.8 Å². The fraction of sp³-hybridized carbons (Fsp3) is 0.368. The van der Waals surface area contributed by atoms with Crippen molar-refractivity contribution >= 4 is 21.4 Å². The average Bonchev–Trinajstić information content (AvgIpc) is 2.61. The Morgan fingerprint density at radius 2 is 1.93 bits per heavy atom. The van der Waals surface area contributed by atoms with E-state index in [4.69, 9.17) is 0 Å². The van der Waals surface area contributed by atoms with Crippen molar-refractivity contribution in [1.82, 2.24) is 4.72 Å². The average molecular weight is 389 g/mol. The molecule has 2 aromatic rings. The molecule has 144 valence electrons. The summed E-state index contributed by atoms with van der Waals surface area (Å²) >= 11 is 0. The van der Waals surface area contributed by atoms with Gasteiger partial charge in [0, 0.05) is 12.1 Å². The molecule has 2 aromatic carbocycles. The predicted octanol–water partition coefficient (Wildman–Crippen LogP) is 3.77. The third-order valence-electron chi connectivity index (χ3n) is 4.57. The lowest BCUT2D eigenvalue weighted by Gasteiger charge is -2.27. The number of aryl methyl sites for hydroxylation is 1. The van der Waals surface area contributed by atoms with Crippen molar-refractivity contribution in [2.24, 2.45) is 0 Å². The van der Waals surface area contributed by atoms with Crippen LogP contribution in [-0.4, -0.2) is 19.4 Å². The summed E-state index contributed by atoms with van der Waals surface area (Å²) in [5.74, 6) is 0. The van der Waals surface area contributed by atoms with E-state index in [2.05, 4.69) is 16.1 Å². The Morgan fingerprint density at radius 1 is 1.19 bits per heavy atom. The number of benzene rings is 2. The van der Waals surface area contributed by atoms with Crippen LogP contribution in [-0.2, 0) is 16.4 Å². The quantitative estimate of drug-likeness (QED) is 0.578. The van der Waals surface area contributed by atoms with Crippen LogP contribution in [0.25, 0.3) is 0 Å². The number of nitrogens with one attached hydrogen (secondary N) is 2. The number of nitrogens with zero attached hydrogens (tertiary/aromatic N) is 1. The number of nitro groups is 1. The molecule has 27 heavy (non-hydrogen) atoms. The van der Waals surface area contributed by atoms with Gasteiger partial charge in [-0.2, -0.15) is 0 Å². The standard InChI is InChI=1S/C19H23N3O4S/c1-13(2)21-27(25,26)15-10-11-18(19(12-15)22(23)24)20-17-9-5-7-14-6-3-4-8-16(14)17/h3-4,6,8,10-13,17,20-21H,5,7,9H2,1-2H3/t17-/m0/s1. The maximum absolute atomic E-state index is 12.3. The topological polar surface area (TPSA) is 101 Å². The van der Waals surface area contributed by atoms with E-state index in [9.17, 15) is 18.5 Å². The summed E-state index contributed by atoms with van der Waals surface area (Å²) in [5.41, 5.74) is 2.45. The van der Waals surface area contributed by atoms with Gasteiger partial charge in [0.15, 0.2) is 0 Å². The van der Waals surface area contributed by atoms with Crippen molar-refractivity contribution in [3.8, 4) is 0 Å². The Balaban J connectivity index is 1.94. The van der Waals surface area contributed by atoms with Gasteiger partial charge in [0.2, 0.25) is 10.0 Å². The molecule has 0 heterocycles. The number of rotatable bonds is 6. The molecule has 1 aliphatic rings. The fourth-order valence-corrected chi connectivity index (χ4v) is 4.69. The first-order chi connectivity index (χ1) is 12.8.